The Morgan fingerprint density at radius 2 is 0.824 bits per heavy atom. The lowest BCUT2D eigenvalue weighted by Crippen LogP contribution is -2.45. The molecular formula is C65H108N2O6P+. The normalized spacial score (nSPS) is 15.1. The first-order chi connectivity index (χ1) is 36.0. The highest BCUT2D eigenvalue weighted by atomic mass is 31.2. The van der Waals surface area contributed by atoms with Gasteiger partial charge in [0.1, 0.15) is 13.2 Å². The lowest BCUT2D eigenvalue weighted by molar-refractivity contribution is -0.870. The van der Waals surface area contributed by atoms with E-state index in [1.165, 1.54) is 44.9 Å². The number of nitrogens with one attached hydrogen (secondary N) is 1. The van der Waals surface area contributed by atoms with Crippen molar-refractivity contribution in [3.05, 3.63) is 158 Å². The summed E-state index contributed by atoms with van der Waals surface area (Å²) in [7, 11) is 1.51. The summed E-state index contributed by atoms with van der Waals surface area (Å²) in [5, 5.41) is 13.8. The number of unbranched alkanes of at least 4 members (excludes halogenated alkanes) is 13. The maximum Gasteiger partial charge on any atom is 0.472 e. The highest BCUT2D eigenvalue weighted by Gasteiger charge is 2.27. The van der Waals surface area contributed by atoms with E-state index in [4.69, 9.17) is 9.05 Å². The molecule has 0 saturated carbocycles. The number of nitrogens with zero attached hydrogens (tertiary/aromatic N) is 1. The fourth-order valence-electron chi connectivity index (χ4n) is 7.22. The van der Waals surface area contributed by atoms with Crippen molar-refractivity contribution in [1.82, 2.24) is 5.32 Å². The SMILES string of the molecule is CC/C=C\C/C=C\C/C=C\C/C=C\C/C=C\C/C=C\C/C=C\C/C=C\C/C=C\C/C=C\CCCCCCCCCCC(=O)NC(COP(=O)(O)OCC[N+](C)(C)C)C(O)/C=C/CC/C=C/CC/C=C/CCCCC. The highest BCUT2D eigenvalue weighted by Crippen LogP contribution is 2.43. The standard InChI is InChI=1S/C65H107N2O6P/c1-6-8-10-12-14-16-18-20-21-22-23-24-25-26-27-28-29-30-31-32-33-34-35-36-37-38-39-40-41-42-43-44-45-47-49-51-53-55-57-59-65(69)66-63(62-73-74(70,71)72-61-60-67(3,4)5)64(68)58-56-54-52-50-48-46-19-17-15-13-11-9-7-2/h8,10,14-17,20-21,23-24,26-27,29-30,32-33,35-36,38-39,41-42,48,50,56,58,63-64,68H,6-7,9,11-13,18-19,22,25,28,31,34,37,40,43-47,49,51-55,57,59-62H2,1-5H3,(H-,66,69,70,71)/p+1/b10-8-,16-14-,17-15+,21-20-,24-23-,27-26-,30-29-,33-32-,36-35-,39-38-,42-41-,50-48+,58-56+. The van der Waals surface area contributed by atoms with E-state index in [-0.39, 0.29) is 19.1 Å². The number of aliphatic hydroxyl groups excluding tert-OH is 1. The molecule has 0 fully saturated rings. The molecule has 0 aromatic rings. The van der Waals surface area contributed by atoms with E-state index in [1.807, 2.05) is 27.2 Å². The predicted octanol–water partition coefficient (Wildman–Crippen LogP) is 17.9. The second-order valence-electron chi connectivity index (χ2n) is 19.9. The Labute approximate surface area is 454 Å². The summed E-state index contributed by atoms with van der Waals surface area (Å²) < 4.78 is 23.6. The van der Waals surface area contributed by atoms with Gasteiger partial charge in [0.05, 0.1) is 39.9 Å². The molecule has 0 aromatic heterocycles. The third kappa shape index (κ3) is 55.9. The first kappa shape index (κ1) is 70.1. The average molecular weight is 1040 g/mol. The molecule has 0 saturated heterocycles. The molecule has 0 heterocycles. The molecule has 3 atom stereocenters. The predicted molar refractivity (Wildman–Crippen MR) is 322 cm³/mol. The van der Waals surface area contributed by atoms with Gasteiger partial charge >= 0.3 is 7.82 Å². The molecular weight excluding hydrogens is 936 g/mol. The van der Waals surface area contributed by atoms with E-state index in [9.17, 15) is 19.4 Å². The van der Waals surface area contributed by atoms with Gasteiger partial charge in [-0.05, 0) is 122 Å². The summed E-state index contributed by atoms with van der Waals surface area (Å²) in [6.45, 7) is 4.60. The number of amides is 1. The van der Waals surface area contributed by atoms with Crippen molar-refractivity contribution >= 4 is 13.7 Å². The number of rotatable bonds is 50. The van der Waals surface area contributed by atoms with Crippen LogP contribution in [0.4, 0.5) is 0 Å². The number of hydrogen-bond donors (Lipinski definition) is 3. The molecule has 3 N–H and O–H groups in total. The fraction of sp³-hybridized carbons (Fsp3) is 0.585. The van der Waals surface area contributed by atoms with Gasteiger partial charge in [0.15, 0.2) is 0 Å². The lowest BCUT2D eigenvalue weighted by atomic mass is 10.1. The van der Waals surface area contributed by atoms with Crippen molar-refractivity contribution in [3.8, 4) is 0 Å². The molecule has 0 rings (SSSR count). The van der Waals surface area contributed by atoms with Crippen LogP contribution in [0.25, 0.3) is 0 Å². The minimum absolute atomic E-state index is 0.0433. The minimum atomic E-state index is -4.37. The van der Waals surface area contributed by atoms with Gasteiger partial charge in [-0.1, -0.05) is 223 Å². The molecule has 0 aliphatic rings. The first-order valence-electron chi connectivity index (χ1n) is 28.9. The zero-order valence-electron chi connectivity index (χ0n) is 47.5. The molecule has 9 heteroatoms. The maximum absolute atomic E-state index is 12.9. The van der Waals surface area contributed by atoms with E-state index in [2.05, 4.69) is 165 Å². The molecule has 0 aliphatic heterocycles. The van der Waals surface area contributed by atoms with Crippen LogP contribution in [0.15, 0.2) is 158 Å². The van der Waals surface area contributed by atoms with E-state index >= 15 is 0 Å². The lowest BCUT2D eigenvalue weighted by Gasteiger charge is -2.25. The second-order valence-corrected chi connectivity index (χ2v) is 21.4. The van der Waals surface area contributed by atoms with E-state index in [1.54, 1.807) is 6.08 Å². The molecule has 418 valence electrons. The summed E-state index contributed by atoms with van der Waals surface area (Å²) in [5.41, 5.74) is 0. The molecule has 8 nitrogen and oxygen atoms in total. The smallest absolute Gasteiger partial charge is 0.387 e. The number of aliphatic hydroxyl groups is 1. The van der Waals surface area contributed by atoms with Crippen LogP contribution < -0.4 is 5.32 Å². The van der Waals surface area contributed by atoms with Crippen molar-refractivity contribution < 1.29 is 32.9 Å². The quantitative estimate of drug-likeness (QED) is 0.0243. The second kappa shape index (κ2) is 53.9. The summed E-state index contributed by atoms with van der Waals surface area (Å²) in [4.78, 5) is 23.2. The van der Waals surface area contributed by atoms with Gasteiger partial charge in [-0.3, -0.25) is 13.8 Å². The highest BCUT2D eigenvalue weighted by molar-refractivity contribution is 7.47. The maximum atomic E-state index is 12.9. The topological polar surface area (TPSA) is 105 Å². The van der Waals surface area contributed by atoms with Crippen LogP contribution in [0.2, 0.25) is 0 Å². The average Bonchev–Trinajstić information content (AvgIpc) is 3.36. The number of likely N-dealkylation sites (N-methyl/N-ethyl adjacent to an activating group) is 1. The summed E-state index contributed by atoms with van der Waals surface area (Å²) in [5.74, 6) is -0.208. The number of quaternary nitrogens is 1. The largest absolute Gasteiger partial charge is 0.472 e. The summed E-state index contributed by atoms with van der Waals surface area (Å²) >= 11 is 0. The van der Waals surface area contributed by atoms with Crippen LogP contribution in [0, 0.1) is 0 Å². The van der Waals surface area contributed by atoms with E-state index < -0.39 is 20.0 Å². The van der Waals surface area contributed by atoms with Crippen LogP contribution >= 0.6 is 7.82 Å². The van der Waals surface area contributed by atoms with Gasteiger partial charge in [-0.15, -0.1) is 0 Å². The van der Waals surface area contributed by atoms with E-state index in [0.717, 1.165) is 128 Å². The van der Waals surface area contributed by atoms with Gasteiger partial charge in [0.25, 0.3) is 0 Å². The number of phosphoric acid groups is 1. The van der Waals surface area contributed by atoms with Crippen LogP contribution in [0.1, 0.15) is 194 Å². The molecule has 0 radical (unpaired) electrons. The summed E-state index contributed by atoms with van der Waals surface area (Å²) in [6, 6.07) is -0.885. The van der Waals surface area contributed by atoms with Crippen molar-refractivity contribution in [2.75, 3.05) is 40.9 Å². The molecule has 74 heavy (non-hydrogen) atoms. The van der Waals surface area contributed by atoms with Gasteiger partial charge in [0.2, 0.25) is 5.91 Å². The van der Waals surface area contributed by atoms with Gasteiger partial charge in [0, 0.05) is 6.42 Å². The minimum Gasteiger partial charge on any atom is -0.387 e. The zero-order valence-corrected chi connectivity index (χ0v) is 48.4. The van der Waals surface area contributed by atoms with E-state index in [0.29, 0.717) is 17.4 Å². The van der Waals surface area contributed by atoms with Crippen molar-refractivity contribution in [2.24, 2.45) is 0 Å². The molecule has 0 aliphatic carbocycles. The summed E-state index contributed by atoms with van der Waals surface area (Å²) in [6.07, 6.45) is 85.0. The zero-order chi connectivity index (χ0) is 54.2. The van der Waals surface area contributed by atoms with Crippen LogP contribution in [-0.4, -0.2) is 73.4 Å². The van der Waals surface area contributed by atoms with Crippen LogP contribution in [-0.2, 0) is 18.4 Å². The number of carbonyl (C=O) groups is 1. The third-order valence-corrected chi connectivity index (χ3v) is 12.7. The van der Waals surface area contributed by atoms with Crippen molar-refractivity contribution in [2.45, 2.75) is 206 Å². The number of hydrogen-bond acceptors (Lipinski definition) is 5. The Bertz CT molecular complexity index is 1750. The van der Waals surface area contributed by atoms with Crippen LogP contribution in [0.5, 0.6) is 0 Å². The van der Waals surface area contributed by atoms with Gasteiger partial charge in [-0.25, -0.2) is 4.57 Å². The molecule has 1 amide bonds. The Hall–Kier alpha value is -3.88. The first-order valence-corrected chi connectivity index (χ1v) is 30.4. The fourth-order valence-corrected chi connectivity index (χ4v) is 7.95. The molecule has 0 bridgehead atoms. The third-order valence-electron chi connectivity index (χ3n) is 11.7. The Balaban J connectivity index is 4.17. The van der Waals surface area contributed by atoms with Crippen LogP contribution in [0.3, 0.4) is 0 Å². The van der Waals surface area contributed by atoms with Crippen molar-refractivity contribution in [1.29, 1.82) is 0 Å². The molecule has 3 unspecified atom stereocenters. The number of phosphoric ester groups is 1. The Morgan fingerprint density at radius 3 is 1.24 bits per heavy atom. The number of allylic oxidation sites excluding steroid dienone is 25. The van der Waals surface area contributed by atoms with Gasteiger partial charge < -0.3 is 19.8 Å². The number of carbonyl (C=O) groups excluding carboxylic acids is 1. The van der Waals surface area contributed by atoms with Gasteiger partial charge in [-0.2, -0.15) is 0 Å². The molecule has 0 aromatic carbocycles. The Morgan fingerprint density at radius 1 is 0.473 bits per heavy atom. The Kier molecular flexibility index (Phi) is 51.1. The van der Waals surface area contributed by atoms with Crippen molar-refractivity contribution in [3.63, 3.8) is 0 Å². The monoisotopic (exact) mass is 1040 g/mol. The molecule has 0 spiro atoms.